The van der Waals surface area contributed by atoms with Gasteiger partial charge in [-0.3, -0.25) is 9.59 Å². The van der Waals surface area contributed by atoms with Crippen LogP contribution in [-0.2, 0) is 16.0 Å². The molecule has 0 spiro atoms. The lowest BCUT2D eigenvalue weighted by Crippen LogP contribution is -2.45. The molecule has 0 aromatic heterocycles. The maximum atomic E-state index is 13.4. The number of fused-ring (bicyclic) bond motifs is 5. The lowest BCUT2D eigenvalue weighted by Gasteiger charge is -2.50. The van der Waals surface area contributed by atoms with Gasteiger partial charge in [-0.15, -0.1) is 0 Å². The molecule has 0 heterocycles. The molecule has 2 aromatic carbocycles. The van der Waals surface area contributed by atoms with Gasteiger partial charge in [0.1, 0.15) is 11.9 Å². The normalized spacial score (nSPS) is 30.1. The molecule has 33 heavy (non-hydrogen) atoms. The Morgan fingerprint density at radius 1 is 1.06 bits per heavy atom. The first kappa shape index (κ1) is 22.6. The molecule has 0 bridgehead atoms. The Morgan fingerprint density at radius 3 is 2.52 bits per heavy atom. The summed E-state index contributed by atoms with van der Waals surface area (Å²) in [6.07, 6.45) is 6.39. The Labute approximate surface area is 204 Å². The molecule has 2 aromatic rings. The number of hydrogen-bond acceptors (Lipinski definition) is 4. The van der Waals surface area contributed by atoms with Crippen LogP contribution in [0.5, 0.6) is 5.75 Å². The number of halogens is 1. The van der Waals surface area contributed by atoms with Crippen molar-refractivity contribution >= 4 is 27.7 Å². The summed E-state index contributed by atoms with van der Waals surface area (Å²) < 4.78 is 12.4. The van der Waals surface area contributed by atoms with Crippen LogP contribution in [0.2, 0.25) is 0 Å². The summed E-state index contributed by atoms with van der Waals surface area (Å²) in [5.74, 6) is 2.08. The number of esters is 1. The quantitative estimate of drug-likeness (QED) is 0.349. The van der Waals surface area contributed by atoms with Gasteiger partial charge in [0.25, 0.3) is 0 Å². The molecule has 4 nitrogen and oxygen atoms in total. The molecule has 174 valence electrons. The van der Waals surface area contributed by atoms with Crippen molar-refractivity contribution < 1.29 is 19.1 Å². The standard InChI is InChI=1S/C28H31BrO4/c1-16(30)33-26-11-10-24-21-9-6-18-14-25(32-3)23(27(31)17-4-7-19(29)8-5-17)15-22(18)20(21)12-13-28(24,26)2/h4-5,7-8,14-15,20-21,24,26H,6,9-13H2,1-3H3/t20-,21+,24-,26-,28-/m0/s1. The fourth-order valence-electron chi connectivity index (χ4n) is 7.05. The topological polar surface area (TPSA) is 52.6 Å². The summed E-state index contributed by atoms with van der Waals surface area (Å²) in [6.45, 7) is 3.86. The second kappa shape index (κ2) is 8.57. The number of ether oxygens (including phenoxy) is 2. The molecule has 5 rings (SSSR count). The predicted octanol–water partition coefficient (Wildman–Crippen LogP) is 6.48. The predicted molar refractivity (Wildman–Crippen MR) is 131 cm³/mol. The highest BCUT2D eigenvalue weighted by atomic mass is 79.9. The van der Waals surface area contributed by atoms with Crippen LogP contribution >= 0.6 is 15.9 Å². The van der Waals surface area contributed by atoms with Crippen LogP contribution in [0.3, 0.4) is 0 Å². The van der Waals surface area contributed by atoms with Crippen LogP contribution in [0.4, 0.5) is 0 Å². The molecule has 2 saturated carbocycles. The molecule has 0 amide bonds. The van der Waals surface area contributed by atoms with Gasteiger partial charge >= 0.3 is 5.97 Å². The zero-order chi connectivity index (χ0) is 23.3. The Morgan fingerprint density at radius 2 is 1.82 bits per heavy atom. The molecule has 0 aliphatic heterocycles. The number of benzene rings is 2. The van der Waals surface area contributed by atoms with Crippen molar-refractivity contribution in [3.63, 3.8) is 0 Å². The highest BCUT2D eigenvalue weighted by Gasteiger charge is 2.56. The van der Waals surface area contributed by atoms with Crippen molar-refractivity contribution in [1.29, 1.82) is 0 Å². The van der Waals surface area contributed by atoms with Gasteiger partial charge in [0.15, 0.2) is 5.78 Å². The van der Waals surface area contributed by atoms with E-state index in [0.29, 0.717) is 34.6 Å². The zero-order valence-electron chi connectivity index (χ0n) is 19.5. The average molecular weight is 511 g/mol. The molecule has 0 radical (unpaired) electrons. The van der Waals surface area contributed by atoms with Crippen molar-refractivity contribution in [2.24, 2.45) is 17.3 Å². The van der Waals surface area contributed by atoms with Gasteiger partial charge in [-0.05, 0) is 104 Å². The van der Waals surface area contributed by atoms with Gasteiger partial charge in [-0.1, -0.05) is 22.9 Å². The second-order valence-corrected chi connectivity index (χ2v) is 11.1. The molecule has 0 saturated heterocycles. The summed E-state index contributed by atoms with van der Waals surface area (Å²) in [4.78, 5) is 25.1. The maximum absolute atomic E-state index is 13.4. The Balaban J connectivity index is 1.49. The summed E-state index contributed by atoms with van der Waals surface area (Å²) in [7, 11) is 1.64. The first-order valence-corrected chi connectivity index (χ1v) is 12.8. The highest BCUT2D eigenvalue weighted by Crippen LogP contribution is 2.61. The van der Waals surface area contributed by atoms with Crippen molar-refractivity contribution in [2.45, 2.75) is 64.4 Å². The minimum atomic E-state index is -0.166. The number of methoxy groups -OCH3 is 1. The smallest absolute Gasteiger partial charge is 0.302 e. The molecule has 0 unspecified atom stereocenters. The number of ketones is 1. The summed E-state index contributed by atoms with van der Waals surface area (Å²) in [6, 6.07) is 11.7. The van der Waals surface area contributed by atoms with Gasteiger partial charge in [0.05, 0.1) is 12.7 Å². The molecule has 5 heteroatoms. The Hall–Kier alpha value is -2.14. The molecule has 0 N–H and O–H groups in total. The average Bonchev–Trinajstić information content (AvgIpc) is 3.13. The largest absolute Gasteiger partial charge is 0.496 e. The fourth-order valence-corrected chi connectivity index (χ4v) is 7.31. The van der Waals surface area contributed by atoms with Gasteiger partial charge in [0, 0.05) is 22.4 Å². The van der Waals surface area contributed by atoms with Crippen molar-refractivity contribution in [1.82, 2.24) is 0 Å². The number of carbonyl (C=O) groups is 2. The SMILES string of the molecule is COc1cc2c(cc1C(=O)c1ccc(Br)cc1)[C@H]1CC[C@]3(C)[C@@H](OC(C)=O)CC[C@H]3[C@@H]1CC2. The van der Waals surface area contributed by atoms with E-state index < -0.39 is 0 Å². The highest BCUT2D eigenvalue weighted by molar-refractivity contribution is 9.10. The van der Waals surface area contributed by atoms with E-state index in [1.807, 2.05) is 24.3 Å². The van der Waals surface area contributed by atoms with Crippen LogP contribution in [-0.4, -0.2) is 25.0 Å². The first-order valence-electron chi connectivity index (χ1n) is 12.0. The van der Waals surface area contributed by atoms with E-state index in [1.54, 1.807) is 7.11 Å². The monoisotopic (exact) mass is 510 g/mol. The maximum Gasteiger partial charge on any atom is 0.302 e. The lowest BCUT2D eigenvalue weighted by molar-refractivity contribution is -0.154. The van der Waals surface area contributed by atoms with E-state index in [0.717, 1.165) is 43.0 Å². The molecule has 3 aliphatic carbocycles. The fraction of sp³-hybridized carbons (Fsp3) is 0.500. The van der Waals surface area contributed by atoms with Crippen LogP contribution < -0.4 is 4.74 Å². The third-order valence-electron chi connectivity index (χ3n) is 8.62. The van der Waals surface area contributed by atoms with Crippen LogP contribution in [0.25, 0.3) is 0 Å². The van der Waals surface area contributed by atoms with Crippen molar-refractivity contribution in [3.8, 4) is 5.75 Å². The summed E-state index contributed by atoms with van der Waals surface area (Å²) in [5, 5.41) is 0. The second-order valence-electron chi connectivity index (χ2n) is 10.2. The molecular weight excluding hydrogens is 480 g/mol. The third-order valence-corrected chi connectivity index (χ3v) is 9.15. The van der Waals surface area contributed by atoms with Gasteiger partial charge in [0.2, 0.25) is 0 Å². The van der Waals surface area contributed by atoms with Gasteiger partial charge < -0.3 is 9.47 Å². The first-order chi connectivity index (χ1) is 15.8. The summed E-state index contributed by atoms with van der Waals surface area (Å²) in [5.41, 5.74) is 4.02. The third kappa shape index (κ3) is 3.82. The van der Waals surface area contributed by atoms with Gasteiger partial charge in [-0.25, -0.2) is 0 Å². The number of hydrogen-bond donors (Lipinski definition) is 0. The molecular formula is C28H31BrO4. The van der Waals surface area contributed by atoms with Crippen LogP contribution in [0.1, 0.15) is 78.9 Å². The molecule has 5 atom stereocenters. The minimum Gasteiger partial charge on any atom is -0.496 e. The van der Waals surface area contributed by atoms with E-state index in [9.17, 15) is 9.59 Å². The van der Waals surface area contributed by atoms with Crippen molar-refractivity contribution in [2.75, 3.05) is 7.11 Å². The van der Waals surface area contributed by atoms with E-state index in [2.05, 4.69) is 35.0 Å². The lowest BCUT2D eigenvalue weighted by atomic mass is 9.55. The number of aryl methyl sites for hydroxylation is 1. The van der Waals surface area contributed by atoms with Crippen LogP contribution in [0, 0.1) is 17.3 Å². The number of rotatable bonds is 4. The van der Waals surface area contributed by atoms with E-state index in [4.69, 9.17) is 9.47 Å². The Bertz CT molecular complexity index is 1090. The van der Waals surface area contributed by atoms with E-state index >= 15 is 0 Å². The Kier molecular flexibility index (Phi) is 5.88. The van der Waals surface area contributed by atoms with Crippen molar-refractivity contribution in [3.05, 3.63) is 63.1 Å². The zero-order valence-corrected chi connectivity index (χ0v) is 21.1. The van der Waals surface area contributed by atoms with Crippen LogP contribution in [0.15, 0.2) is 40.9 Å². The molecule has 3 aliphatic rings. The molecule has 2 fully saturated rings. The summed E-state index contributed by atoms with van der Waals surface area (Å²) >= 11 is 3.45. The number of carbonyl (C=O) groups excluding carboxylic acids is 2. The minimum absolute atomic E-state index is 0.000657. The van der Waals surface area contributed by atoms with E-state index in [1.165, 1.54) is 18.1 Å². The van der Waals surface area contributed by atoms with E-state index in [-0.39, 0.29) is 23.3 Å². The van der Waals surface area contributed by atoms with Gasteiger partial charge in [-0.2, -0.15) is 0 Å².